The molecule has 0 amide bonds. The van der Waals surface area contributed by atoms with Gasteiger partial charge in [0.25, 0.3) is 0 Å². The second-order valence-electron chi connectivity index (χ2n) is 3.28. The van der Waals surface area contributed by atoms with Crippen molar-refractivity contribution in [3.8, 4) is 0 Å². The molecule has 3 N–H and O–H groups in total. The number of pyridine rings is 1. The van der Waals surface area contributed by atoms with Gasteiger partial charge in [-0.05, 0) is 18.2 Å². The molecule has 82 valence electrons. The first-order chi connectivity index (χ1) is 7.75. The van der Waals surface area contributed by atoms with Crippen LogP contribution in [0.1, 0.15) is 11.3 Å². The molecule has 0 fully saturated rings. The zero-order chi connectivity index (χ0) is 11.4. The van der Waals surface area contributed by atoms with E-state index in [1.807, 2.05) is 12.1 Å². The molecule has 0 aliphatic heterocycles. The number of furan rings is 1. The van der Waals surface area contributed by atoms with Crippen LogP contribution in [-0.4, -0.2) is 9.97 Å². The Labute approximate surface area is 98.5 Å². The second kappa shape index (κ2) is 4.76. The third kappa shape index (κ3) is 2.58. The highest BCUT2D eigenvalue weighted by Crippen LogP contribution is 2.09. The molecule has 5 heteroatoms. The SMILES string of the molecule is NC(=S)c1ccc(NCc2ccoc2)cn1. The highest BCUT2D eigenvalue weighted by molar-refractivity contribution is 7.80. The normalized spacial score (nSPS) is 10.0. The van der Waals surface area contributed by atoms with E-state index in [0.29, 0.717) is 17.2 Å². The van der Waals surface area contributed by atoms with Gasteiger partial charge < -0.3 is 15.5 Å². The number of hydrogen-bond donors (Lipinski definition) is 2. The summed E-state index contributed by atoms with van der Waals surface area (Å²) < 4.78 is 4.96. The van der Waals surface area contributed by atoms with Crippen LogP contribution in [0, 0.1) is 0 Å². The van der Waals surface area contributed by atoms with Crippen LogP contribution in [0.3, 0.4) is 0 Å². The number of nitrogens with two attached hydrogens (primary N) is 1. The third-order valence-corrected chi connectivity index (χ3v) is 2.30. The number of nitrogens with zero attached hydrogens (tertiary/aromatic N) is 1. The molecule has 16 heavy (non-hydrogen) atoms. The van der Waals surface area contributed by atoms with Gasteiger partial charge in [0.1, 0.15) is 4.99 Å². The number of anilines is 1. The Morgan fingerprint density at radius 3 is 2.88 bits per heavy atom. The standard InChI is InChI=1S/C11H11N3OS/c12-11(16)10-2-1-9(6-14-10)13-5-8-3-4-15-7-8/h1-4,6-7,13H,5H2,(H2,12,16). The maximum atomic E-state index is 5.45. The lowest BCUT2D eigenvalue weighted by atomic mass is 10.3. The lowest BCUT2D eigenvalue weighted by Gasteiger charge is -2.04. The topological polar surface area (TPSA) is 64.1 Å². The zero-order valence-electron chi connectivity index (χ0n) is 8.51. The molecule has 0 saturated heterocycles. The van der Waals surface area contributed by atoms with Crippen LogP contribution < -0.4 is 11.1 Å². The minimum Gasteiger partial charge on any atom is -0.472 e. The van der Waals surface area contributed by atoms with Gasteiger partial charge in [-0.25, -0.2) is 0 Å². The molecule has 0 unspecified atom stereocenters. The van der Waals surface area contributed by atoms with Crippen molar-refractivity contribution in [1.29, 1.82) is 0 Å². The molecule has 0 radical (unpaired) electrons. The largest absolute Gasteiger partial charge is 0.472 e. The lowest BCUT2D eigenvalue weighted by molar-refractivity contribution is 0.564. The van der Waals surface area contributed by atoms with Crippen LogP contribution in [0.25, 0.3) is 0 Å². The molecular formula is C11H11N3OS. The molecule has 0 saturated carbocycles. The Balaban J connectivity index is 1.98. The molecule has 2 aromatic rings. The van der Waals surface area contributed by atoms with E-state index in [1.165, 1.54) is 0 Å². The van der Waals surface area contributed by atoms with E-state index < -0.39 is 0 Å². The first-order valence-electron chi connectivity index (χ1n) is 4.76. The maximum absolute atomic E-state index is 5.45. The van der Waals surface area contributed by atoms with E-state index in [2.05, 4.69) is 10.3 Å². The molecule has 2 heterocycles. The van der Waals surface area contributed by atoms with E-state index in [9.17, 15) is 0 Å². The molecule has 0 spiro atoms. The van der Waals surface area contributed by atoms with Crippen molar-refractivity contribution >= 4 is 22.9 Å². The number of nitrogens with one attached hydrogen (secondary N) is 1. The summed E-state index contributed by atoms with van der Waals surface area (Å²) in [5.74, 6) is 0. The van der Waals surface area contributed by atoms with Gasteiger partial charge in [-0.15, -0.1) is 0 Å². The number of aromatic nitrogens is 1. The number of thiocarbonyl (C=S) groups is 1. The predicted octanol–water partition coefficient (Wildman–Crippen LogP) is 1.92. The van der Waals surface area contributed by atoms with E-state index in [0.717, 1.165) is 11.3 Å². The highest BCUT2D eigenvalue weighted by atomic mass is 32.1. The summed E-state index contributed by atoms with van der Waals surface area (Å²) in [5.41, 5.74) is 8.08. The summed E-state index contributed by atoms with van der Waals surface area (Å²) in [5, 5.41) is 3.21. The first-order valence-corrected chi connectivity index (χ1v) is 5.17. The average Bonchev–Trinajstić information content (AvgIpc) is 2.80. The molecular weight excluding hydrogens is 222 g/mol. The Morgan fingerprint density at radius 1 is 1.44 bits per heavy atom. The smallest absolute Gasteiger partial charge is 0.122 e. The Hall–Kier alpha value is -1.88. The molecule has 2 aromatic heterocycles. The van der Waals surface area contributed by atoms with Crippen molar-refractivity contribution in [3.63, 3.8) is 0 Å². The van der Waals surface area contributed by atoms with Crippen LogP contribution in [0.15, 0.2) is 41.3 Å². The lowest BCUT2D eigenvalue weighted by Crippen LogP contribution is -2.11. The van der Waals surface area contributed by atoms with Crippen LogP contribution in [-0.2, 0) is 6.54 Å². The quantitative estimate of drug-likeness (QED) is 0.790. The van der Waals surface area contributed by atoms with Crippen molar-refractivity contribution in [2.45, 2.75) is 6.54 Å². The maximum Gasteiger partial charge on any atom is 0.122 e. The summed E-state index contributed by atoms with van der Waals surface area (Å²) in [6.45, 7) is 0.699. The van der Waals surface area contributed by atoms with E-state index in [4.69, 9.17) is 22.4 Å². The predicted molar refractivity (Wildman–Crippen MR) is 66.2 cm³/mol. The molecule has 2 rings (SSSR count). The summed E-state index contributed by atoms with van der Waals surface area (Å²) in [4.78, 5) is 4.43. The fourth-order valence-corrected chi connectivity index (χ4v) is 1.36. The van der Waals surface area contributed by atoms with Crippen LogP contribution in [0.4, 0.5) is 5.69 Å². The van der Waals surface area contributed by atoms with Crippen molar-refractivity contribution in [2.75, 3.05) is 5.32 Å². The number of rotatable bonds is 4. The van der Waals surface area contributed by atoms with E-state index in [1.54, 1.807) is 24.8 Å². The van der Waals surface area contributed by atoms with Crippen LogP contribution in [0.5, 0.6) is 0 Å². The molecule has 0 aliphatic carbocycles. The molecule has 4 nitrogen and oxygen atoms in total. The van der Waals surface area contributed by atoms with Gasteiger partial charge in [0, 0.05) is 12.1 Å². The zero-order valence-corrected chi connectivity index (χ0v) is 9.33. The highest BCUT2D eigenvalue weighted by Gasteiger charge is 1.98. The minimum atomic E-state index is 0.307. The summed E-state index contributed by atoms with van der Waals surface area (Å²) in [6, 6.07) is 5.59. The van der Waals surface area contributed by atoms with Crippen molar-refractivity contribution in [2.24, 2.45) is 5.73 Å². The summed E-state index contributed by atoms with van der Waals surface area (Å²) in [6.07, 6.45) is 5.05. The average molecular weight is 233 g/mol. The third-order valence-electron chi connectivity index (χ3n) is 2.09. The van der Waals surface area contributed by atoms with Gasteiger partial charge in [-0.1, -0.05) is 12.2 Å². The molecule has 0 aromatic carbocycles. The molecule has 0 bridgehead atoms. The Morgan fingerprint density at radius 2 is 2.31 bits per heavy atom. The van der Waals surface area contributed by atoms with Crippen molar-refractivity contribution < 1.29 is 4.42 Å². The van der Waals surface area contributed by atoms with Gasteiger partial charge in [0.05, 0.1) is 30.1 Å². The molecule has 0 aliphatic rings. The van der Waals surface area contributed by atoms with E-state index >= 15 is 0 Å². The molecule has 0 atom stereocenters. The summed E-state index contributed by atoms with van der Waals surface area (Å²) in [7, 11) is 0. The fourth-order valence-electron chi connectivity index (χ4n) is 1.24. The Kier molecular flexibility index (Phi) is 3.16. The fraction of sp³-hybridized carbons (Fsp3) is 0.0909. The van der Waals surface area contributed by atoms with Crippen molar-refractivity contribution in [1.82, 2.24) is 4.98 Å². The number of hydrogen-bond acceptors (Lipinski definition) is 4. The second-order valence-corrected chi connectivity index (χ2v) is 3.72. The van der Waals surface area contributed by atoms with Gasteiger partial charge >= 0.3 is 0 Å². The first kappa shape index (κ1) is 10.6. The van der Waals surface area contributed by atoms with Crippen LogP contribution in [0.2, 0.25) is 0 Å². The van der Waals surface area contributed by atoms with E-state index in [-0.39, 0.29) is 0 Å². The van der Waals surface area contributed by atoms with Gasteiger partial charge in [0.2, 0.25) is 0 Å². The van der Waals surface area contributed by atoms with Gasteiger partial charge in [-0.3, -0.25) is 4.98 Å². The van der Waals surface area contributed by atoms with Gasteiger partial charge in [0.15, 0.2) is 0 Å². The monoisotopic (exact) mass is 233 g/mol. The Bertz CT molecular complexity index is 464. The van der Waals surface area contributed by atoms with Crippen molar-refractivity contribution in [3.05, 3.63) is 48.2 Å². The minimum absolute atomic E-state index is 0.307. The van der Waals surface area contributed by atoms with Crippen LogP contribution >= 0.6 is 12.2 Å². The van der Waals surface area contributed by atoms with Gasteiger partial charge in [-0.2, -0.15) is 0 Å². The summed E-state index contributed by atoms with van der Waals surface area (Å²) >= 11 is 4.82.